The molecule has 0 N–H and O–H groups in total. The Kier molecular flexibility index (Phi) is 3.46. The molecule has 2 nitrogen and oxygen atoms in total. The number of alkyl halides is 1. The molecule has 0 bridgehead atoms. The minimum absolute atomic E-state index is 0.611. The quantitative estimate of drug-likeness (QED) is 0.449. The second-order valence-electron chi connectivity index (χ2n) is 2.79. The summed E-state index contributed by atoms with van der Waals surface area (Å²) in [6.45, 7) is 2.37. The minimum atomic E-state index is 0.611. The van der Waals surface area contributed by atoms with E-state index in [0.717, 1.165) is 0 Å². The van der Waals surface area contributed by atoms with Gasteiger partial charge in [0.1, 0.15) is 0 Å². The van der Waals surface area contributed by atoms with Crippen LogP contribution < -0.4 is 0 Å². The highest BCUT2D eigenvalue weighted by Gasteiger charge is 2.12. The van der Waals surface area contributed by atoms with Gasteiger partial charge in [-0.25, -0.2) is 10.0 Å². The van der Waals surface area contributed by atoms with Gasteiger partial charge in [0.25, 0.3) is 0 Å². The summed E-state index contributed by atoms with van der Waals surface area (Å²) in [6, 6.07) is 0.611. The summed E-state index contributed by atoms with van der Waals surface area (Å²) < 4.78 is 0. The van der Waals surface area contributed by atoms with Crippen molar-refractivity contribution in [1.82, 2.24) is 10.0 Å². The predicted octanol–water partition coefficient (Wildman–Crippen LogP) is 1.52. The molecule has 0 aliphatic carbocycles. The van der Waals surface area contributed by atoms with E-state index in [9.17, 15) is 0 Å². The van der Waals surface area contributed by atoms with Crippen molar-refractivity contribution < 1.29 is 0 Å². The zero-order chi connectivity index (χ0) is 7.40. The fraction of sp³-hybridized carbons (Fsp3) is 1.00. The van der Waals surface area contributed by atoms with Gasteiger partial charge in [0, 0.05) is 20.1 Å². The Bertz CT molecular complexity index is 91.6. The predicted molar refractivity (Wildman–Crippen MR) is 43.9 cm³/mol. The van der Waals surface area contributed by atoms with Crippen LogP contribution in [0.15, 0.2) is 0 Å². The average molecular weight is 163 g/mol. The van der Waals surface area contributed by atoms with Crippen molar-refractivity contribution in [3.05, 3.63) is 0 Å². The van der Waals surface area contributed by atoms with Crippen molar-refractivity contribution in [3.63, 3.8) is 0 Å². The number of halogens is 1. The lowest BCUT2D eigenvalue weighted by Gasteiger charge is -2.33. The van der Waals surface area contributed by atoms with Crippen LogP contribution in [0.5, 0.6) is 0 Å². The van der Waals surface area contributed by atoms with Crippen molar-refractivity contribution in [1.29, 1.82) is 0 Å². The smallest absolute Gasteiger partial charge is 0.0874 e. The topological polar surface area (TPSA) is 6.48 Å². The van der Waals surface area contributed by atoms with E-state index in [2.05, 4.69) is 10.0 Å². The summed E-state index contributed by atoms with van der Waals surface area (Å²) in [6.07, 6.45) is 4.02. The molecule has 0 unspecified atom stereocenters. The molecule has 1 heterocycles. The van der Waals surface area contributed by atoms with E-state index >= 15 is 0 Å². The molecule has 0 saturated carbocycles. The lowest BCUT2D eigenvalue weighted by Crippen LogP contribution is -2.42. The van der Waals surface area contributed by atoms with E-state index in [4.69, 9.17) is 11.6 Å². The van der Waals surface area contributed by atoms with Crippen molar-refractivity contribution in [2.75, 3.05) is 26.1 Å². The van der Waals surface area contributed by atoms with Crippen LogP contribution in [0.2, 0.25) is 0 Å². The molecular formula is C7H15ClN2. The molecule has 0 atom stereocenters. The summed E-state index contributed by atoms with van der Waals surface area (Å²) in [5, 5.41) is 4.40. The molecular weight excluding hydrogens is 148 g/mol. The van der Waals surface area contributed by atoms with Crippen molar-refractivity contribution in [2.45, 2.75) is 19.3 Å². The first-order chi connectivity index (χ1) is 4.84. The molecule has 10 heavy (non-hydrogen) atoms. The first-order valence-electron chi connectivity index (χ1n) is 3.86. The molecule has 1 fully saturated rings. The zero-order valence-corrected chi connectivity index (χ0v) is 7.27. The van der Waals surface area contributed by atoms with Gasteiger partial charge in [0.2, 0.25) is 0 Å². The van der Waals surface area contributed by atoms with Crippen LogP contribution in [-0.4, -0.2) is 36.2 Å². The van der Waals surface area contributed by atoms with Gasteiger partial charge in [-0.2, -0.15) is 0 Å². The molecule has 0 spiro atoms. The lowest BCUT2D eigenvalue weighted by molar-refractivity contribution is 0.00000740. The minimum Gasteiger partial charge on any atom is -0.241 e. The Hall–Kier alpha value is 0.210. The van der Waals surface area contributed by atoms with E-state index in [1.54, 1.807) is 0 Å². The van der Waals surface area contributed by atoms with E-state index < -0.39 is 0 Å². The van der Waals surface area contributed by atoms with Gasteiger partial charge in [-0.15, -0.1) is 11.6 Å². The molecule has 1 aliphatic rings. The maximum Gasteiger partial charge on any atom is 0.0874 e. The Morgan fingerprint density at radius 2 is 1.90 bits per heavy atom. The van der Waals surface area contributed by atoms with Crippen LogP contribution >= 0.6 is 11.6 Å². The van der Waals surface area contributed by atoms with Gasteiger partial charge >= 0.3 is 0 Å². The third-order valence-electron chi connectivity index (χ3n) is 1.99. The van der Waals surface area contributed by atoms with Crippen LogP contribution in [-0.2, 0) is 0 Å². The molecule has 3 heteroatoms. The number of rotatable bonds is 2. The van der Waals surface area contributed by atoms with Gasteiger partial charge in [0.05, 0.1) is 6.00 Å². The normalized spacial score (nSPS) is 21.9. The van der Waals surface area contributed by atoms with Gasteiger partial charge in [-0.05, 0) is 12.8 Å². The van der Waals surface area contributed by atoms with Crippen LogP contribution in [0, 0.1) is 0 Å². The monoisotopic (exact) mass is 162 g/mol. The van der Waals surface area contributed by atoms with Crippen LogP contribution in [0.25, 0.3) is 0 Å². The fourth-order valence-corrected chi connectivity index (χ4v) is 1.45. The van der Waals surface area contributed by atoms with E-state index in [-0.39, 0.29) is 0 Å². The zero-order valence-electron chi connectivity index (χ0n) is 6.52. The molecule has 0 aromatic carbocycles. The Morgan fingerprint density at radius 3 is 2.40 bits per heavy atom. The molecule has 0 aromatic rings. The summed E-state index contributed by atoms with van der Waals surface area (Å²) in [5.41, 5.74) is 0. The summed E-state index contributed by atoms with van der Waals surface area (Å²) in [5.74, 6) is 0. The third-order valence-corrected chi connectivity index (χ3v) is 2.33. The van der Waals surface area contributed by atoms with E-state index in [1.807, 2.05) is 7.05 Å². The fourth-order valence-electron chi connectivity index (χ4n) is 1.29. The number of hydrogen-bond donors (Lipinski definition) is 0. The van der Waals surface area contributed by atoms with E-state index in [1.165, 1.54) is 32.4 Å². The van der Waals surface area contributed by atoms with Crippen molar-refractivity contribution in [3.8, 4) is 0 Å². The Morgan fingerprint density at radius 1 is 1.30 bits per heavy atom. The van der Waals surface area contributed by atoms with E-state index in [0.29, 0.717) is 6.00 Å². The molecule has 0 amide bonds. The standard InChI is InChI=1S/C7H15ClN2/c1-9(7-8)10-5-3-2-4-6-10/h2-7H2,1H3. The molecule has 60 valence electrons. The van der Waals surface area contributed by atoms with Crippen LogP contribution in [0.3, 0.4) is 0 Å². The number of nitrogens with zero attached hydrogens (tertiary/aromatic N) is 2. The highest BCUT2D eigenvalue weighted by Crippen LogP contribution is 2.10. The average Bonchev–Trinajstić information content (AvgIpc) is 2.05. The highest BCUT2D eigenvalue weighted by molar-refractivity contribution is 6.17. The summed E-state index contributed by atoms with van der Waals surface area (Å²) in [7, 11) is 2.04. The summed E-state index contributed by atoms with van der Waals surface area (Å²) >= 11 is 5.67. The Labute approximate surface area is 67.7 Å². The SMILES string of the molecule is CN(CCl)N1CCCCC1. The van der Waals surface area contributed by atoms with Crippen LogP contribution in [0.1, 0.15) is 19.3 Å². The van der Waals surface area contributed by atoms with Crippen LogP contribution in [0.4, 0.5) is 0 Å². The largest absolute Gasteiger partial charge is 0.241 e. The van der Waals surface area contributed by atoms with Gasteiger partial charge in [-0.3, -0.25) is 0 Å². The Balaban J connectivity index is 2.24. The maximum atomic E-state index is 5.67. The molecule has 1 rings (SSSR count). The summed E-state index contributed by atoms with van der Waals surface area (Å²) in [4.78, 5) is 0. The first-order valence-corrected chi connectivity index (χ1v) is 4.40. The maximum absolute atomic E-state index is 5.67. The number of hydrazine groups is 1. The molecule has 0 aromatic heterocycles. The van der Waals surface area contributed by atoms with Gasteiger partial charge in [0.15, 0.2) is 0 Å². The van der Waals surface area contributed by atoms with Gasteiger partial charge < -0.3 is 0 Å². The number of hydrogen-bond acceptors (Lipinski definition) is 2. The second kappa shape index (κ2) is 4.16. The third kappa shape index (κ3) is 2.11. The first kappa shape index (κ1) is 8.31. The lowest BCUT2D eigenvalue weighted by atomic mass is 10.2. The molecule has 1 aliphatic heterocycles. The molecule has 1 saturated heterocycles. The van der Waals surface area contributed by atoms with Gasteiger partial charge in [-0.1, -0.05) is 6.42 Å². The van der Waals surface area contributed by atoms with Crippen molar-refractivity contribution >= 4 is 11.6 Å². The molecule has 0 radical (unpaired) electrons. The highest BCUT2D eigenvalue weighted by atomic mass is 35.5. The van der Waals surface area contributed by atoms with Crippen molar-refractivity contribution in [2.24, 2.45) is 0 Å². The number of piperidine rings is 1. The second-order valence-corrected chi connectivity index (χ2v) is 3.03.